The second-order valence-electron chi connectivity index (χ2n) is 5.11. The maximum absolute atomic E-state index is 11.8. The van der Waals surface area contributed by atoms with E-state index in [1.165, 1.54) is 4.90 Å². The number of carbonyl (C=O) groups is 1. The third kappa shape index (κ3) is 3.45. The number of likely N-dealkylation sites (tertiary alicyclic amines) is 1. The van der Waals surface area contributed by atoms with Crippen LogP contribution < -0.4 is 0 Å². The first kappa shape index (κ1) is 13.8. The van der Waals surface area contributed by atoms with E-state index in [0.717, 1.165) is 5.56 Å². The van der Waals surface area contributed by atoms with Gasteiger partial charge in [-0.3, -0.25) is 0 Å². The van der Waals surface area contributed by atoms with Gasteiger partial charge in [-0.15, -0.1) is 0 Å². The summed E-state index contributed by atoms with van der Waals surface area (Å²) in [4.78, 5) is 13.3. The molecule has 0 saturated carbocycles. The molecule has 0 radical (unpaired) electrons. The molecule has 0 aliphatic carbocycles. The lowest BCUT2D eigenvalue weighted by molar-refractivity contribution is -0.103. The molecule has 1 saturated heterocycles. The predicted octanol–water partition coefficient (Wildman–Crippen LogP) is 1.14. The van der Waals surface area contributed by atoms with Crippen molar-refractivity contribution in [2.45, 2.75) is 31.7 Å². The number of benzene rings is 1. The number of amides is 1. The molecule has 19 heavy (non-hydrogen) atoms. The van der Waals surface area contributed by atoms with E-state index in [1.54, 1.807) is 6.92 Å². The van der Waals surface area contributed by atoms with Crippen LogP contribution in [-0.2, 0) is 11.3 Å². The number of carbonyl (C=O) groups excluding carboxylic acids is 1. The lowest BCUT2D eigenvalue weighted by Gasteiger charge is -2.39. The van der Waals surface area contributed by atoms with Gasteiger partial charge in [-0.05, 0) is 18.9 Å². The van der Waals surface area contributed by atoms with Crippen molar-refractivity contribution in [3.63, 3.8) is 0 Å². The van der Waals surface area contributed by atoms with Gasteiger partial charge in [0, 0.05) is 6.54 Å². The molecule has 0 bridgehead atoms. The van der Waals surface area contributed by atoms with Gasteiger partial charge in [0.25, 0.3) is 0 Å². The van der Waals surface area contributed by atoms with Crippen molar-refractivity contribution >= 4 is 6.09 Å². The third-order valence-electron chi connectivity index (χ3n) is 3.46. The number of aliphatic hydroxyl groups is 2. The van der Waals surface area contributed by atoms with Crippen molar-refractivity contribution in [1.82, 2.24) is 4.90 Å². The lowest BCUT2D eigenvalue weighted by Crippen LogP contribution is -2.55. The Labute approximate surface area is 112 Å². The molecule has 2 atom stereocenters. The molecule has 104 valence electrons. The van der Waals surface area contributed by atoms with Crippen LogP contribution in [0.5, 0.6) is 0 Å². The molecule has 1 aliphatic rings. The molecule has 1 heterocycles. The first-order valence-electron chi connectivity index (χ1n) is 6.35. The molecular formula is C14H19NO4. The molecule has 0 aromatic heterocycles. The van der Waals surface area contributed by atoms with Gasteiger partial charge in [0.15, 0.2) is 0 Å². The highest BCUT2D eigenvalue weighted by atomic mass is 16.6. The molecule has 1 fully saturated rings. The van der Waals surface area contributed by atoms with Crippen molar-refractivity contribution in [1.29, 1.82) is 0 Å². The first-order chi connectivity index (χ1) is 8.99. The molecule has 0 spiro atoms. The van der Waals surface area contributed by atoms with E-state index in [1.807, 2.05) is 30.3 Å². The SMILES string of the molecule is C[C@@]1(O)CCN(C(=O)OCc2ccccc2)C[C@@H]1O. The fraction of sp³-hybridized carbons (Fsp3) is 0.500. The Morgan fingerprint density at radius 1 is 1.47 bits per heavy atom. The van der Waals surface area contributed by atoms with Crippen molar-refractivity contribution in [3.8, 4) is 0 Å². The summed E-state index contributed by atoms with van der Waals surface area (Å²) >= 11 is 0. The molecule has 1 amide bonds. The molecule has 1 aliphatic heterocycles. The Hall–Kier alpha value is -1.59. The Morgan fingerprint density at radius 3 is 2.79 bits per heavy atom. The van der Waals surface area contributed by atoms with E-state index in [9.17, 15) is 15.0 Å². The Balaban J connectivity index is 1.84. The maximum Gasteiger partial charge on any atom is 0.410 e. The molecule has 2 N–H and O–H groups in total. The molecule has 2 rings (SSSR count). The number of ether oxygens (including phenoxy) is 1. The number of piperidine rings is 1. The maximum atomic E-state index is 11.8. The highest BCUT2D eigenvalue weighted by molar-refractivity contribution is 5.67. The van der Waals surface area contributed by atoms with Crippen LogP contribution in [0.4, 0.5) is 4.79 Å². The van der Waals surface area contributed by atoms with E-state index in [4.69, 9.17) is 4.74 Å². The topological polar surface area (TPSA) is 70.0 Å². The number of aliphatic hydroxyl groups excluding tert-OH is 1. The summed E-state index contributed by atoms with van der Waals surface area (Å²) in [6.07, 6.45) is -1.06. The van der Waals surface area contributed by atoms with Gasteiger partial charge in [-0.1, -0.05) is 30.3 Å². The zero-order chi connectivity index (χ0) is 13.9. The number of hydrogen-bond acceptors (Lipinski definition) is 4. The fourth-order valence-corrected chi connectivity index (χ4v) is 2.00. The van der Waals surface area contributed by atoms with Crippen LogP contribution in [-0.4, -0.2) is 46.0 Å². The van der Waals surface area contributed by atoms with Crippen LogP contribution in [0.2, 0.25) is 0 Å². The number of hydrogen-bond donors (Lipinski definition) is 2. The summed E-state index contributed by atoms with van der Waals surface area (Å²) in [5, 5.41) is 19.6. The van der Waals surface area contributed by atoms with Gasteiger partial charge >= 0.3 is 6.09 Å². The minimum Gasteiger partial charge on any atom is -0.445 e. The van der Waals surface area contributed by atoms with E-state index in [2.05, 4.69) is 0 Å². The van der Waals surface area contributed by atoms with Crippen LogP contribution >= 0.6 is 0 Å². The molecule has 0 unspecified atom stereocenters. The number of β-amino-alcohol motifs (C(OH)–C–C–N with tert-alkyl or cyclic N) is 1. The summed E-state index contributed by atoms with van der Waals surface area (Å²) in [6, 6.07) is 9.41. The number of nitrogens with zero attached hydrogens (tertiary/aromatic N) is 1. The van der Waals surface area contributed by atoms with Gasteiger partial charge in [-0.25, -0.2) is 4.79 Å². The quantitative estimate of drug-likeness (QED) is 0.841. The highest BCUT2D eigenvalue weighted by Gasteiger charge is 2.38. The Bertz CT molecular complexity index is 432. The van der Waals surface area contributed by atoms with E-state index in [0.29, 0.717) is 13.0 Å². The second kappa shape index (κ2) is 5.59. The Morgan fingerprint density at radius 2 is 2.16 bits per heavy atom. The van der Waals surface area contributed by atoms with Crippen LogP contribution in [0, 0.1) is 0 Å². The molecule has 5 heteroatoms. The highest BCUT2D eigenvalue weighted by Crippen LogP contribution is 2.22. The molecular weight excluding hydrogens is 246 g/mol. The van der Waals surface area contributed by atoms with Crippen LogP contribution in [0.1, 0.15) is 18.9 Å². The third-order valence-corrected chi connectivity index (χ3v) is 3.46. The van der Waals surface area contributed by atoms with Gasteiger partial charge in [0.05, 0.1) is 12.1 Å². The Kier molecular flexibility index (Phi) is 4.07. The summed E-state index contributed by atoms with van der Waals surface area (Å²) in [6.45, 7) is 2.27. The normalized spacial score (nSPS) is 27.1. The van der Waals surface area contributed by atoms with Gasteiger partial charge in [-0.2, -0.15) is 0 Å². The van der Waals surface area contributed by atoms with E-state index < -0.39 is 17.8 Å². The minimum absolute atomic E-state index is 0.0978. The zero-order valence-electron chi connectivity index (χ0n) is 11.0. The summed E-state index contributed by atoms with van der Waals surface area (Å²) in [5.41, 5.74) is -0.212. The van der Waals surface area contributed by atoms with Gasteiger partial charge in [0.1, 0.15) is 12.7 Å². The zero-order valence-corrected chi connectivity index (χ0v) is 11.0. The monoisotopic (exact) mass is 265 g/mol. The molecule has 1 aromatic rings. The van der Waals surface area contributed by atoms with Crippen LogP contribution in [0.3, 0.4) is 0 Å². The van der Waals surface area contributed by atoms with Gasteiger partial charge in [0.2, 0.25) is 0 Å². The van der Waals surface area contributed by atoms with Crippen molar-refractivity contribution in [2.24, 2.45) is 0 Å². The molecule has 5 nitrogen and oxygen atoms in total. The minimum atomic E-state index is -1.13. The first-order valence-corrected chi connectivity index (χ1v) is 6.35. The summed E-state index contributed by atoms with van der Waals surface area (Å²) < 4.78 is 5.18. The summed E-state index contributed by atoms with van der Waals surface area (Å²) in [5.74, 6) is 0. The predicted molar refractivity (Wildman–Crippen MR) is 69.4 cm³/mol. The standard InChI is InChI=1S/C14H19NO4/c1-14(18)7-8-15(9-12(14)16)13(17)19-10-11-5-3-2-4-6-11/h2-6,12,16,18H,7-10H2,1H3/t12-,14+/m0/s1. The van der Waals surface area contributed by atoms with E-state index >= 15 is 0 Å². The van der Waals surface area contributed by atoms with Crippen LogP contribution in [0.15, 0.2) is 30.3 Å². The average Bonchev–Trinajstić information content (AvgIpc) is 2.40. The van der Waals surface area contributed by atoms with Gasteiger partial charge < -0.3 is 19.8 Å². The fourth-order valence-electron chi connectivity index (χ4n) is 2.00. The van der Waals surface area contributed by atoms with Crippen molar-refractivity contribution < 1.29 is 19.7 Å². The lowest BCUT2D eigenvalue weighted by atomic mass is 9.91. The smallest absolute Gasteiger partial charge is 0.410 e. The van der Waals surface area contributed by atoms with Crippen molar-refractivity contribution in [3.05, 3.63) is 35.9 Å². The number of rotatable bonds is 2. The average molecular weight is 265 g/mol. The second-order valence-corrected chi connectivity index (χ2v) is 5.11. The summed E-state index contributed by atoms with van der Waals surface area (Å²) in [7, 11) is 0. The van der Waals surface area contributed by atoms with Crippen LogP contribution in [0.25, 0.3) is 0 Å². The molecule has 1 aromatic carbocycles. The largest absolute Gasteiger partial charge is 0.445 e. The van der Waals surface area contributed by atoms with E-state index in [-0.39, 0.29) is 13.2 Å². The van der Waals surface area contributed by atoms with Crippen molar-refractivity contribution in [2.75, 3.05) is 13.1 Å².